The molecule has 10 heteroatoms. The van der Waals surface area contributed by atoms with E-state index in [4.69, 9.17) is 21.1 Å². The van der Waals surface area contributed by atoms with E-state index in [1.54, 1.807) is 0 Å². The fourth-order valence-electron chi connectivity index (χ4n) is 3.60. The first-order chi connectivity index (χ1) is 16.1. The summed E-state index contributed by atoms with van der Waals surface area (Å²) in [7, 11) is 1.88. The number of aromatic amines is 1. The zero-order valence-corrected chi connectivity index (χ0v) is 19.5. The van der Waals surface area contributed by atoms with Crippen LogP contribution < -0.4 is 14.8 Å². The number of nitrogens with zero attached hydrogens (tertiary/aromatic N) is 3. The molecule has 1 aliphatic rings. The molecule has 0 unspecified atom stereocenters. The van der Waals surface area contributed by atoms with Gasteiger partial charge in [-0.05, 0) is 42.0 Å². The zero-order valence-electron chi connectivity index (χ0n) is 17.9. The van der Waals surface area contributed by atoms with Crippen molar-refractivity contribution >= 4 is 40.2 Å². The Hall–Kier alpha value is -3.17. The predicted molar refractivity (Wildman–Crippen MR) is 128 cm³/mol. The van der Waals surface area contributed by atoms with E-state index in [-0.39, 0.29) is 11.7 Å². The van der Waals surface area contributed by atoms with Gasteiger partial charge < -0.3 is 24.3 Å². The van der Waals surface area contributed by atoms with E-state index in [0.29, 0.717) is 35.8 Å². The second kappa shape index (κ2) is 9.36. The largest absolute Gasteiger partial charge is 0.490 e. The smallest absolute Gasteiger partial charge is 0.230 e. The lowest BCUT2D eigenvalue weighted by molar-refractivity contribution is -0.118. The van der Waals surface area contributed by atoms with Gasteiger partial charge in [0.15, 0.2) is 22.5 Å². The molecule has 0 radical (unpaired) electrons. The van der Waals surface area contributed by atoms with Crippen LogP contribution >= 0.6 is 23.4 Å². The van der Waals surface area contributed by atoms with Crippen molar-refractivity contribution in [3.8, 4) is 23.0 Å². The van der Waals surface area contributed by atoms with Crippen molar-refractivity contribution in [2.24, 2.45) is 7.05 Å². The molecule has 33 heavy (non-hydrogen) atoms. The van der Waals surface area contributed by atoms with Gasteiger partial charge in [-0.2, -0.15) is 0 Å². The lowest BCUT2D eigenvalue weighted by atomic mass is 10.2. The number of hydrogen-bond acceptors (Lipinski definition) is 6. The number of aromatic nitrogens is 4. The van der Waals surface area contributed by atoms with Gasteiger partial charge in [-0.25, -0.2) is 0 Å². The van der Waals surface area contributed by atoms with Crippen LogP contribution in [0.5, 0.6) is 11.5 Å². The van der Waals surface area contributed by atoms with Gasteiger partial charge in [0.1, 0.15) is 0 Å². The highest BCUT2D eigenvalue weighted by molar-refractivity contribution is 7.99. The molecular weight excluding hydrogens is 462 g/mol. The Morgan fingerprint density at radius 3 is 2.88 bits per heavy atom. The average Bonchev–Trinajstić information content (AvgIpc) is 3.30. The number of amides is 1. The number of rotatable bonds is 6. The van der Waals surface area contributed by atoms with Crippen LogP contribution in [0.3, 0.4) is 0 Å². The van der Waals surface area contributed by atoms with E-state index >= 15 is 0 Å². The SMILES string of the molecule is Cn1c(SCC(=O)NCc2ccc3c(c2)OCCCO3)nnc1-c1cc2cc(Cl)ccc2[nH]1. The molecule has 0 fully saturated rings. The molecule has 8 nitrogen and oxygen atoms in total. The van der Waals surface area contributed by atoms with Crippen LogP contribution in [-0.2, 0) is 18.4 Å². The lowest BCUT2D eigenvalue weighted by Gasteiger charge is -2.10. The number of carbonyl (C=O) groups is 1. The molecule has 0 spiro atoms. The van der Waals surface area contributed by atoms with Crippen LogP contribution in [0.1, 0.15) is 12.0 Å². The molecule has 0 bridgehead atoms. The monoisotopic (exact) mass is 483 g/mol. The molecule has 0 saturated heterocycles. The maximum absolute atomic E-state index is 12.4. The Morgan fingerprint density at radius 2 is 2.00 bits per heavy atom. The van der Waals surface area contributed by atoms with Crippen LogP contribution in [-0.4, -0.2) is 44.6 Å². The Bertz CT molecular complexity index is 1320. The zero-order chi connectivity index (χ0) is 22.8. The van der Waals surface area contributed by atoms with Crippen LogP contribution in [0, 0.1) is 0 Å². The van der Waals surface area contributed by atoms with Crippen molar-refractivity contribution in [2.75, 3.05) is 19.0 Å². The fourth-order valence-corrected chi connectivity index (χ4v) is 4.52. The molecule has 4 aromatic rings. The second-order valence-electron chi connectivity index (χ2n) is 7.68. The maximum Gasteiger partial charge on any atom is 0.230 e. The molecule has 5 rings (SSSR count). The molecule has 2 aromatic carbocycles. The number of benzene rings is 2. The average molecular weight is 484 g/mol. The summed E-state index contributed by atoms with van der Waals surface area (Å²) in [6.45, 7) is 1.70. The van der Waals surface area contributed by atoms with Crippen LogP contribution in [0.2, 0.25) is 5.02 Å². The van der Waals surface area contributed by atoms with Crippen molar-refractivity contribution in [1.82, 2.24) is 25.1 Å². The van der Waals surface area contributed by atoms with Crippen LogP contribution in [0.4, 0.5) is 0 Å². The van der Waals surface area contributed by atoms with Crippen molar-refractivity contribution in [2.45, 2.75) is 18.1 Å². The number of ether oxygens (including phenoxy) is 2. The topological polar surface area (TPSA) is 94.1 Å². The molecule has 170 valence electrons. The van der Waals surface area contributed by atoms with Crippen LogP contribution in [0.25, 0.3) is 22.4 Å². The number of halogens is 1. The summed E-state index contributed by atoms with van der Waals surface area (Å²) >= 11 is 7.42. The van der Waals surface area contributed by atoms with Gasteiger partial charge >= 0.3 is 0 Å². The van der Waals surface area contributed by atoms with E-state index in [9.17, 15) is 4.79 Å². The lowest BCUT2D eigenvalue weighted by Crippen LogP contribution is -2.24. The predicted octanol–water partition coefficient (Wildman–Crippen LogP) is 4.19. The number of carbonyl (C=O) groups excluding carboxylic acids is 1. The number of fused-ring (bicyclic) bond motifs is 2. The molecule has 1 amide bonds. The standard InChI is InChI=1S/C23H22ClN5O3S/c1-29-22(18-11-15-10-16(24)4-5-17(15)26-18)27-28-23(29)33-13-21(30)25-12-14-3-6-19-20(9-14)32-8-2-7-31-19/h3-6,9-11,26H,2,7-8,12-13H2,1H3,(H,25,30). The molecule has 3 heterocycles. The Morgan fingerprint density at radius 1 is 1.15 bits per heavy atom. The van der Waals surface area contributed by atoms with Crippen molar-refractivity contribution < 1.29 is 14.3 Å². The number of hydrogen-bond donors (Lipinski definition) is 2. The van der Waals surface area contributed by atoms with Gasteiger partial charge in [0.25, 0.3) is 0 Å². The highest BCUT2D eigenvalue weighted by Gasteiger charge is 2.15. The van der Waals surface area contributed by atoms with Gasteiger partial charge in [0.05, 0.1) is 24.7 Å². The number of thioether (sulfide) groups is 1. The second-order valence-corrected chi connectivity index (χ2v) is 9.06. The third-order valence-corrected chi connectivity index (χ3v) is 6.55. The summed E-state index contributed by atoms with van der Waals surface area (Å²) < 4.78 is 13.2. The van der Waals surface area contributed by atoms with Crippen molar-refractivity contribution in [3.05, 3.63) is 53.1 Å². The highest BCUT2D eigenvalue weighted by atomic mass is 35.5. The summed E-state index contributed by atoms with van der Waals surface area (Å²) in [5.41, 5.74) is 2.77. The Balaban J connectivity index is 1.19. The van der Waals surface area contributed by atoms with Gasteiger partial charge in [-0.3, -0.25) is 4.79 Å². The third kappa shape index (κ3) is 4.79. The van der Waals surface area contributed by atoms with Gasteiger partial charge in [-0.1, -0.05) is 29.4 Å². The minimum absolute atomic E-state index is 0.0862. The third-order valence-electron chi connectivity index (χ3n) is 5.29. The number of H-pyrrole nitrogens is 1. The first-order valence-corrected chi connectivity index (χ1v) is 11.9. The normalized spacial score (nSPS) is 13.2. The Kier molecular flexibility index (Phi) is 6.15. The first-order valence-electron chi connectivity index (χ1n) is 10.5. The minimum atomic E-state index is -0.0862. The van der Waals surface area contributed by atoms with E-state index < -0.39 is 0 Å². The minimum Gasteiger partial charge on any atom is -0.490 e. The quantitative estimate of drug-likeness (QED) is 0.399. The van der Waals surface area contributed by atoms with E-state index in [1.165, 1.54) is 11.8 Å². The summed E-state index contributed by atoms with van der Waals surface area (Å²) in [6.07, 6.45) is 0.858. The summed E-state index contributed by atoms with van der Waals surface area (Å²) in [5.74, 6) is 2.31. The van der Waals surface area contributed by atoms with Gasteiger partial charge in [-0.15, -0.1) is 10.2 Å². The molecule has 2 N–H and O–H groups in total. The number of nitrogens with one attached hydrogen (secondary N) is 2. The van der Waals surface area contributed by atoms with Crippen LogP contribution in [0.15, 0.2) is 47.6 Å². The van der Waals surface area contributed by atoms with E-state index in [1.807, 2.05) is 54.1 Å². The van der Waals surface area contributed by atoms with E-state index in [2.05, 4.69) is 20.5 Å². The molecule has 1 aliphatic heterocycles. The highest BCUT2D eigenvalue weighted by Crippen LogP contribution is 2.30. The maximum atomic E-state index is 12.4. The molecule has 2 aromatic heterocycles. The van der Waals surface area contributed by atoms with E-state index in [0.717, 1.165) is 40.1 Å². The summed E-state index contributed by atoms with van der Waals surface area (Å²) in [5, 5.41) is 13.8. The van der Waals surface area contributed by atoms with Gasteiger partial charge in [0.2, 0.25) is 5.91 Å². The Labute approximate surface area is 199 Å². The summed E-state index contributed by atoms with van der Waals surface area (Å²) in [4.78, 5) is 15.7. The molecule has 0 saturated carbocycles. The summed E-state index contributed by atoms with van der Waals surface area (Å²) in [6, 6.07) is 13.4. The van der Waals surface area contributed by atoms with Crippen molar-refractivity contribution in [1.29, 1.82) is 0 Å². The molecule has 0 atom stereocenters. The fraction of sp³-hybridized carbons (Fsp3) is 0.261. The molecule has 0 aliphatic carbocycles. The van der Waals surface area contributed by atoms with Crippen molar-refractivity contribution in [3.63, 3.8) is 0 Å². The molecular formula is C23H22ClN5O3S. The van der Waals surface area contributed by atoms with Gasteiger partial charge in [0, 0.05) is 35.9 Å². The first kappa shape index (κ1) is 21.7.